The zero-order valence-electron chi connectivity index (χ0n) is 13.7. The molecule has 0 bridgehead atoms. The monoisotopic (exact) mass is 286 g/mol. The summed E-state index contributed by atoms with van der Waals surface area (Å²) in [6, 6.07) is -0.605. The van der Waals surface area contributed by atoms with Crippen molar-refractivity contribution in [2.45, 2.75) is 53.5 Å². The Hall–Kier alpha value is -1.10. The second kappa shape index (κ2) is 8.25. The predicted octanol–water partition coefficient (Wildman–Crippen LogP) is 1.70. The van der Waals surface area contributed by atoms with Crippen molar-refractivity contribution in [3.8, 4) is 0 Å². The molecule has 0 heterocycles. The minimum Gasteiger partial charge on any atom is -0.467 e. The highest BCUT2D eigenvalue weighted by atomic mass is 16.5. The summed E-state index contributed by atoms with van der Waals surface area (Å²) in [5.41, 5.74) is 5.71. The van der Waals surface area contributed by atoms with Crippen LogP contribution in [-0.2, 0) is 14.3 Å². The number of carbonyl (C=O) groups is 2. The van der Waals surface area contributed by atoms with Gasteiger partial charge in [0.15, 0.2) is 0 Å². The van der Waals surface area contributed by atoms with Gasteiger partial charge in [-0.25, -0.2) is 4.79 Å². The van der Waals surface area contributed by atoms with Gasteiger partial charge in [0.25, 0.3) is 0 Å². The number of hydrogen-bond acceptors (Lipinski definition) is 4. The quantitative estimate of drug-likeness (QED) is 0.698. The van der Waals surface area contributed by atoms with Crippen molar-refractivity contribution < 1.29 is 14.3 Å². The molecule has 0 spiro atoms. The Balaban J connectivity index is 4.84. The average Bonchev–Trinajstić information content (AvgIpc) is 2.38. The molecule has 3 N–H and O–H groups in total. The van der Waals surface area contributed by atoms with E-state index in [0.717, 1.165) is 6.42 Å². The van der Waals surface area contributed by atoms with Gasteiger partial charge in [0.1, 0.15) is 6.04 Å². The summed E-state index contributed by atoms with van der Waals surface area (Å²) in [5.74, 6) is -0.831. The topological polar surface area (TPSA) is 81.4 Å². The number of nitrogens with two attached hydrogens (primary N) is 1. The van der Waals surface area contributed by atoms with E-state index >= 15 is 0 Å². The van der Waals surface area contributed by atoms with Gasteiger partial charge < -0.3 is 15.8 Å². The molecule has 0 aliphatic rings. The van der Waals surface area contributed by atoms with Crippen molar-refractivity contribution in [2.75, 3.05) is 13.7 Å². The molecule has 0 aliphatic carbocycles. The molecule has 3 unspecified atom stereocenters. The van der Waals surface area contributed by atoms with Crippen LogP contribution < -0.4 is 11.1 Å². The summed E-state index contributed by atoms with van der Waals surface area (Å²) in [5, 5.41) is 2.80. The van der Waals surface area contributed by atoms with Gasteiger partial charge >= 0.3 is 5.97 Å². The van der Waals surface area contributed by atoms with Crippen molar-refractivity contribution in [3.63, 3.8) is 0 Å². The van der Waals surface area contributed by atoms with E-state index in [1.807, 2.05) is 13.8 Å². The summed E-state index contributed by atoms with van der Waals surface area (Å²) >= 11 is 0. The summed E-state index contributed by atoms with van der Waals surface area (Å²) in [6.45, 7) is 10.4. The minimum absolute atomic E-state index is 0.0124. The summed E-state index contributed by atoms with van der Waals surface area (Å²) in [6.07, 6.45) is 1.47. The zero-order valence-corrected chi connectivity index (χ0v) is 13.7. The maximum absolute atomic E-state index is 12.3. The number of methoxy groups -OCH3 is 1. The standard InChI is InChI=1S/C15H30N2O3/c1-7-10(2)12(14(19)20-6)17-13(18)11(9-16)8-15(3,4)5/h10-12H,7-9,16H2,1-6H3,(H,17,18). The lowest BCUT2D eigenvalue weighted by Gasteiger charge is -2.27. The normalized spacial score (nSPS) is 16.1. The van der Waals surface area contributed by atoms with Crippen molar-refractivity contribution in [1.29, 1.82) is 0 Å². The lowest BCUT2D eigenvalue weighted by molar-refractivity contribution is -0.147. The molecule has 0 rings (SSSR count). The Bertz CT molecular complexity index is 324. The van der Waals surface area contributed by atoms with Crippen LogP contribution in [-0.4, -0.2) is 31.6 Å². The van der Waals surface area contributed by atoms with Crippen LogP contribution in [0.2, 0.25) is 0 Å². The highest BCUT2D eigenvalue weighted by molar-refractivity contribution is 5.86. The van der Waals surface area contributed by atoms with Crippen LogP contribution in [0.4, 0.5) is 0 Å². The number of ether oxygens (including phenoxy) is 1. The Morgan fingerprint density at radius 3 is 2.20 bits per heavy atom. The fourth-order valence-electron chi connectivity index (χ4n) is 2.09. The maximum Gasteiger partial charge on any atom is 0.328 e. The smallest absolute Gasteiger partial charge is 0.328 e. The SMILES string of the molecule is CCC(C)C(NC(=O)C(CN)CC(C)(C)C)C(=O)OC. The first-order valence-corrected chi connectivity index (χ1v) is 7.24. The highest BCUT2D eigenvalue weighted by Crippen LogP contribution is 2.24. The van der Waals surface area contributed by atoms with Gasteiger partial charge in [-0.15, -0.1) is 0 Å². The summed E-state index contributed by atoms with van der Waals surface area (Å²) in [4.78, 5) is 24.1. The third kappa shape index (κ3) is 6.37. The van der Waals surface area contributed by atoms with Crippen LogP contribution in [0.1, 0.15) is 47.5 Å². The van der Waals surface area contributed by atoms with E-state index in [2.05, 4.69) is 26.1 Å². The number of amides is 1. The van der Waals surface area contributed by atoms with Gasteiger partial charge in [-0.1, -0.05) is 41.0 Å². The predicted molar refractivity (Wildman–Crippen MR) is 80.0 cm³/mol. The van der Waals surface area contributed by atoms with Crippen LogP contribution in [0.3, 0.4) is 0 Å². The van der Waals surface area contributed by atoms with Gasteiger partial charge in [0.2, 0.25) is 5.91 Å². The van der Waals surface area contributed by atoms with Gasteiger partial charge in [-0.3, -0.25) is 4.79 Å². The summed E-state index contributed by atoms with van der Waals surface area (Å²) in [7, 11) is 1.33. The van der Waals surface area contributed by atoms with E-state index in [4.69, 9.17) is 10.5 Å². The average molecular weight is 286 g/mol. The first-order valence-electron chi connectivity index (χ1n) is 7.24. The molecule has 0 aliphatic heterocycles. The fraction of sp³-hybridized carbons (Fsp3) is 0.867. The number of esters is 1. The van der Waals surface area contributed by atoms with Crippen LogP contribution in [0.15, 0.2) is 0 Å². The van der Waals surface area contributed by atoms with Gasteiger partial charge in [-0.05, 0) is 17.8 Å². The summed E-state index contributed by atoms with van der Waals surface area (Å²) < 4.78 is 4.77. The first kappa shape index (κ1) is 18.9. The Kier molecular flexibility index (Phi) is 7.79. The zero-order chi connectivity index (χ0) is 15.9. The number of carbonyl (C=O) groups excluding carboxylic acids is 2. The lowest BCUT2D eigenvalue weighted by Crippen LogP contribution is -2.49. The largest absolute Gasteiger partial charge is 0.467 e. The molecule has 0 radical (unpaired) electrons. The van der Waals surface area contributed by atoms with Gasteiger partial charge in [-0.2, -0.15) is 0 Å². The molecule has 0 aromatic carbocycles. The molecule has 0 saturated heterocycles. The number of hydrogen-bond donors (Lipinski definition) is 2. The lowest BCUT2D eigenvalue weighted by atomic mass is 9.84. The van der Waals surface area contributed by atoms with Gasteiger partial charge in [0.05, 0.1) is 13.0 Å². The first-order chi connectivity index (χ1) is 9.16. The Labute approximate surface area is 122 Å². The van der Waals surface area contributed by atoms with E-state index in [1.165, 1.54) is 7.11 Å². The molecule has 0 aromatic rings. The molecule has 0 fully saturated rings. The van der Waals surface area contributed by atoms with E-state index in [-0.39, 0.29) is 29.7 Å². The van der Waals surface area contributed by atoms with E-state index in [9.17, 15) is 9.59 Å². The molecular formula is C15H30N2O3. The third-order valence-electron chi connectivity index (χ3n) is 3.48. The highest BCUT2D eigenvalue weighted by Gasteiger charge is 2.30. The van der Waals surface area contributed by atoms with E-state index < -0.39 is 12.0 Å². The van der Waals surface area contributed by atoms with Crippen LogP contribution >= 0.6 is 0 Å². The molecule has 118 valence electrons. The van der Waals surface area contributed by atoms with Crippen molar-refractivity contribution >= 4 is 11.9 Å². The molecule has 3 atom stereocenters. The second-order valence-corrected chi connectivity index (χ2v) is 6.59. The molecular weight excluding hydrogens is 256 g/mol. The molecule has 20 heavy (non-hydrogen) atoms. The van der Waals surface area contributed by atoms with Crippen LogP contribution in [0.5, 0.6) is 0 Å². The van der Waals surface area contributed by atoms with Crippen molar-refractivity contribution in [1.82, 2.24) is 5.32 Å². The van der Waals surface area contributed by atoms with Crippen molar-refractivity contribution in [3.05, 3.63) is 0 Å². The Morgan fingerprint density at radius 1 is 1.30 bits per heavy atom. The van der Waals surface area contributed by atoms with Crippen molar-refractivity contribution in [2.24, 2.45) is 23.0 Å². The second-order valence-electron chi connectivity index (χ2n) is 6.59. The van der Waals surface area contributed by atoms with Crippen LogP contribution in [0, 0.1) is 17.3 Å². The third-order valence-corrected chi connectivity index (χ3v) is 3.48. The fourth-order valence-corrected chi connectivity index (χ4v) is 2.09. The molecule has 1 amide bonds. The maximum atomic E-state index is 12.3. The van der Waals surface area contributed by atoms with E-state index in [1.54, 1.807) is 0 Å². The van der Waals surface area contributed by atoms with E-state index in [0.29, 0.717) is 6.42 Å². The number of rotatable bonds is 7. The minimum atomic E-state index is -0.605. The molecule has 5 nitrogen and oxygen atoms in total. The molecule has 0 saturated carbocycles. The Morgan fingerprint density at radius 2 is 1.85 bits per heavy atom. The molecule has 0 aromatic heterocycles. The van der Waals surface area contributed by atoms with Gasteiger partial charge in [0, 0.05) is 6.54 Å². The number of nitrogens with one attached hydrogen (secondary N) is 1. The molecule has 5 heteroatoms. The van der Waals surface area contributed by atoms with Crippen LogP contribution in [0.25, 0.3) is 0 Å².